The lowest BCUT2D eigenvalue weighted by atomic mass is 10.0. The van der Waals surface area contributed by atoms with Crippen LogP contribution in [-0.2, 0) is 0 Å². The Labute approximate surface area is 278 Å². The van der Waals surface area contributed by atoms with Crippen molar-refractivity contribution in [2.24, 2.45) is 0 Å². The monoisotopic (exact) mass is 631 g/mol. The second kappa shape index (κ2) is 9.71. The van der Waals surface area contributed by atoms with E-state index < -0.39 is 0 Å². The number of hydrogen-bond donors (Lipinski definition) is 0. The van der Waals surface area contributed by atoms with E-state index in [0.717, 1.165) is 60.9 Å². The van der Waals surface area contributed by atoms with Gasteiger partial charge < -0.3 is 13.7 Å². The number of thiophene rings is 1. The highest BCUT2D eigenvalue weighted by atomic mass is 32.1. The topological polar surface area (TPSA) is 29.5 Å². The fourth-order valence-electron chi connectivity index (χ4n) is 7.65. The van der Waals surface area contributed by atoms with Gasteiger partial charge in [-0.15, -0.1) is 11.3 Å². The number of furan rings is 2. The molecule has 0 atom stereocenters. The van der Waals surface area contributed by atoms with Crippen LogP contribution in [0.2, 0.25) is 0 Å². The summed E-state index contributed by atoms with van der Waals surface area (Å²) in [7, 11) is 0. The predicted molar refractivity (Wildman–Crippen MR) is 204 cm³/mol. The van der Waals surface area contributed by atoms with Gasteiger partial charge in [-0.2, -0.15) is 0 Å². The van der Waals surface area contributed by atoms with Crippen LogP contribution in [0, 0.1) is 0 Å². The van der Waals surface area contributed by atoms with Crippen molar-refractivity contribution in [1.82, 2.24) is 0 Å². The summed E-state index contributed by atoms with van der Waals surface area (Å²) in [6.45, 7) is 0. The SMILES string of the molecule is c1ccc(N(c2ccc3c(c2)oc2c4ccccc4ccc32)c2ccc3c(c2)oc2ccc4sc5c6ccccc6ccc5c4c23)cc1. The summed E-state index contributed by atoms with van der Waals surface area (Å²) in [6.07, 6.45) is 0. The Kier molecular flexibility index (Phi) is 5.26. The molecule has 3 nitrogen and oxygen atoms in total. The summed E-state index contributed by atoms with van der Waals surface area (Å²) in [4.78, 5) is 2.28. The van der Waals surface area contributed by atoms with Crippen molar-refractivity contribution in [3.8, 4) is 0 Å². The molecule has 0 bridgehead atoms. The van der Waals surface area contributed by atoms with E-state index in [2.05, 4.69) is 157 Å². The van der Waals surface area contributed by atoms with Crippen molar-refractivity contribution < 1.29 is 8.83 Å². The van der Waals surface area contributed by atoms with Crippen LogP contribution in [0.1, 0.15) is 0 Å². The zero-order valence-corrected chi connectivity index (χ0v) is 26.4. The van der Waals surface area contributed by atoms with E-state index in [0.29, 0.717) is 0 Å². The summed E-state index contributed by atoms with van der Waals surface area (Å²) in [5.41, 5.74) is 6.67. The average molecular weight is 632 g/mol. The molecule has 0 saturated heterocycles. The highest BCUT2D eigenvalue weighted by molar-refractivity contribution is 7.27. The lowest BCUT2D eigenvalue weighted by Crippen LogP contribution is -2.09. The molecule has 0 aliphatic heterocycles. The zero-order valence-electron chi connectivity index (χ0n) is 25.6. The number of benzene rings is 8. The van der Waals surface area contributed by atoms with Crippen molar-refractivity contribution >= 4 is 114 Å². The van der Waals surface area contributed by atoms with Gasteiger partial charge in [-0.1, -0.05) is 84.9 Å². The maximum Gasteiger partial charge on any atom is 0.143 e. The third kappa shape index (κ3) is 3.63. The smallest absolute Gasteiger partial charge is 0.143 e. The van der Waals surface area contributed by atoms with Gasteiger partial charge in [0.15, 0.2) is 0 Å². The molecule has 3 aromatic heterocycles. The van der Waals surface area contributed by atoms with Gasteiger partial charge in [0.05, 0.1) is 0 Å². The molecule has 224 valence electrons. The van der Waals surface area contributed by atoms with Gasteiger partial charge in [-0.25, -0.2) is 0 Å². The van der Waals surface area contributed by atoms with E-state index in [-0.39, 0.29) is 0 Å². The number of rotatable bonds is 3. The second-order valence-corrected chi connectivity index (χ2v) is 13.5. The molecule has 0 fully saturated rings. The van der Waals surface area contributed by atoms with E-state index in [4.69, 9.17) is 8.83 Å². The minimum atomic E-state index is 0.865. The van der Waals surface area contributed by atoms with Crippen molar-refractivity contribution in [2.75, 3.05) is 4.90 Å². The van der Waals surface area contributed by atoms with E-state index in [1.165, 1.54) is 41.7 Å². The lowest BCUT2D eigenvalue weighted by molar-refractivity contribution is 0.669. The standard InChI is InChI=1S/C44H25NO2S/c1-2-10-28(11-3-1)45(29-16-20-33-34-18-14-26-8-4-6-12-31(26)43(34)47-38(33)24-29)30-17-21-35-39(25-30)46-37-22-23-40-42(41(35)37)36-19-15-27-9-5-7-13-32(27)44(36)48-40/h1-25H. The average Bonchev–Trinajstić information content (AvgIpc) is 3.83. The third-order valence-electron chi connectivity index (χ3n) is 9.82. The lowest BCUT2D eigenvalue weighted by Gasteiger charge is -2.25. The largest absolute Gasteiger partial charge is 0.456 e. The van der Waals surface area contributed by atoms with Gasteiger partial charge in [0.2, 0.25) is 0 Å². The minimum Gasteiger partial charge on any atom is -0.456 e. The molecule has 0 aliphatic carbocycles. The second-order valence-electron chi connectivity index (χ2n) is 12.5. The first-order chi connectivity index (χ1) is 23.8. The van der Waals surface area contributed by atoms with E-state index in [1.807, 2.05) is 11.3 Å². The van der Waals surface area contributed by atoms with Crippen LogP contribution in [0.4, 0.5) is 17.1 Å². The van der Waals surface area contributed by atoms with Gasteiger partial charge in [0.1, 0.15) is 22.3 Å². The number of fused-ring (bicyclic) bond motifs is 14. The zero-order chi connectivity index (χ0) is 31.3. The quantitative estimate of drug-likeness (QED) is 0.194. The number of hydrogen-bond acceptors (Lipinski definition) is 4. The predicted octanol–water partition coefficient (Wildman–Crippen LogP) is 13.6. The molecule has 0 unspecified atom stereocenters. The Morgan fingerprint density at radius 1 is 0.396 bits per heavy atom. The molecule has 0 spiro atoms. The molecule has 0 amide bonds. The van der Waals surface area contributed by atoms with Crippen molar-refractivity contribution in [2.45, 2.75) is 0 Å². The van der Waals surface area contributed by atoms with Crippen LogP contribution in [0.3, 0.4) is 0 Å². The molecule has 3 heterocycles. The fourth-order valence-corrected chi connectivity index (χ4v) is 8.89. The van der Waals surface area contributed by atoms with Gasteiger partial charge in [0, 0.05) is 76.3 Å². The Balaban J connectivity index is 1.12. The molecule has 0 radical (unpaired) electrons. The minimum absolute atomic E-state index is 0.865. The van der Waals surface area contributed by atoms with E-state index in [9.17, 15) is 0 Å². The maximum atomic E-state index is 6.64. The van der Waals surface area contributed by atoms with Crippen molar-refractivity contribution in [3.63, 3.8) is 0 Å². The Morgan fingerprint density at radius 2 is 1.04 bits per heavy atom. The molecule has 11 aromatic rings. The number of anilines is 3. The van der Waals surface area contributed by atoms with E-state index >= 15 is 0 Å². The molecule has 0 N–H and O–H groups in total. The van der Waals surface area contributed by atoms with Gasteiger partial charge in [-0.05, 0) is 70.8 Å². The normalized spacial score (nSPS) is 12.2. The van der Waals surface area contributed by atoms with Crippen molar-refractivity contribution in [3.05, 3.63) is 152 Å². The molecule has 48 heavy (non-hydrogen) atoms. The third-order valence-corrected chi connectivity index (χ3v) is 11.0. The van der Waals surface area contributed by atoms with Crippen LogP contribution in [0.5, 0.6) is 0 Å². The van der Waals surface area contributed by atoms with Crippen LogP contribution in [0.15, 0.2) is 160 Å². The first kappa shape index (κ1) is 26.0. The van der Waals surface area contributed by atoms with Gasteiger partial charge in [-0.3, -0.25) is 0 Å². The highest BCUT2D eigenvalue weighted by Gasteiger charge is 2.20. The molecular formula is C44H25NO2S. The summed E-state index contributed by atoms with van der Waals surface area (Å²) < 4.78 is 15.8. The van der Waals surface area contributed by atoms with Crippen molar-refractivity contribution in [1.29, 1.82) is 0 Å². The van der Waals surface area contributed by atoms with Gasteiger partial charge >= 0.3 is 0 Å². The van der Waals surface area contributed by atoms with E-state index in [1.54, 1.807) is 0 Å². The Hall–Kier alpha value is -6.10. The first-order valence-electron chi connectivity index (χ1n) is 16.2. The molecule has 0 aliphatic rings. The molecular weight excluding hydrogens is 607 g/mol. The summed E-state index contributed by atoms with van der Waals surface area (Å²) in [5.74, 6) is 0. The summed E-state index contributed by atoms with van der Waals surface area (Å²) >= 11 is 1.86. The number of para-hydroxylation sites is 1. The molecule has 8 aromatic carbocycles. The Bertz CT molecular complexity index is 3070. The molecule has 11 rings (SSSR count). The highest BCUT2D eigenvalue weighted by Crippen LogP contribution is 2.46. The summed E-state index contributed by atoms with van der Waals surface area (Å²) in [6, 6.07) is 53.9. The summed E-state index contributed by atoms with van der Waals surface area (Å²) in [5, 5.41) is 12.0. The molecule has 0 saturated carbocycles. The fraction of sp³-hybridized carbons (Fsp3) is 0. The van der Waals surface area contributed by atoms with Crippen LogP contribution in [0.25, 0.3) is 85.6 Å². The maximum absolute atomic E-state index is 6.64. The van der Waals surface area contributed by atoms with Crippen LogP contribution in [-0.4, -0.2) is 0 Å². The molecule has 4 heteroatoms. The first-order valence-corrected chi connectivity index (χ1v) is 17.0. The number of nitrogens with zero attached hydrogens (tertiary/aromatic N) is 1. The van der Waals surface area contributed by atoms with Crippen LogP contribution < -0.4 is 4.90 Å². The van der Waals surface area contributed by atoms with Gasteiger partial charge in [0.25, 0.3) is 0 Å². The Morgan fingerprint density at radius 3 is 1.85 bits per heavy atom. The van der Waals surface area contributed by atoms with Crippen LogP contribution >= 0.6 is 11.3 Å².